The van der Waals surface area contributed by atoms with Crippen molar-refractivity contribution in [1.82, 2.24) is 9.88 Å². The Morgan fingerprint density at radius 3 is 2.95 bits per heavy atom. The maximum absolute atomic E-state index is 12.6. The quantitative estimate of drug-likeness (QED) is 0.632. The average molecular weight is 262 g/mol. The molecule has 104 valence electrons. The predicted octanol–water partition coefficient (Wildman–Crippen LogP) is 2.08. The lowest BCUT2D eigenvalue weighted by molar-refractivity contribution is 0.0697. The van der Waals surface area contributed by atoms with E-state index in [0.29, 0.717) is 17.4 Å². The number of amides is 1. The minimum Gasteiger partial charge on any atom is -0.336 e. The summed E-state index contributed by atoms with van der Waals surface area (Å²) in [5.74, 6) is 5.99. The van der Waals surface area contributed by atoms with Gasteiger partial charge in [0.2, 0.25) is 0 Å². The molecule has 0 aliphatic carbocycles. The van der Waals surface area contributed by atoms with Gasteiger partial charge in [-0.3, -0.25) is 4.79 Å². The third kappa shape index (κ3) is 3.23. The number of aromatic nitrogens is 1. The summed E-state index contributed by atoms with van der Waals surface area (Å²) in [6.45, 7) is 4.83. The van der Waals surface area contributed by atoms with E-state index < -0.39 is 0 Å². The van der Waals surface area contributed by atoms with Crippen LogP contribution in [0.15, 0.2) is 12.1 Å². The Balaban J connectivity index is 2.24. The molecule has 1 saturated heterocycles. The summed E-state index contributed by atoms with van der Waals surface area (Å²) in [4.78, 5) is 18.8. The Bertz CT molecular complexity index is 461. The molecule has 0 aromatic carbocycles. The minimum atomic E-state index is 0.0800. The zero-order valence-corrected chi connectivity index (χ0v) is 11.6. The van der Waals surface area contributed by atoms with E-state index in [-0.39, 0.29) is 5.91 Å². The molecule has 1 amide bonds. The SMILES string of the molecule is Cc1cc(C(=O)N2CCCCCC2C)cc(NN)n1. The second-order valence-electron chi connectivity index (χ2n) is 5.22. The first kappa shape index (κ1) is 13.8. The number of likely N-dealkylation sites (tertiary alicyclic amines) is 1. The van der Waals surface area contributed by atoms with Gasteiger partial charge in [0.25, 0.3) is 5.91 Å². The van der Waals surface area contributed by atoms with Crippen LogP contribution in [0.3, 0.4) is 0 Å². The maximum Gasteiger partial charge on any atom is 0.254 e. The summed E-state index contributed by atoms with van der Waals surface area (Å²) in [5, 5.41) is 0. The summed E-state index contributed by atoms with van der Waals surface area (Å²) >= 11 is 0. The van der Waals surface area contributed by atoms with E-state index in [4.69, 9.17) is 5.84 Å². The molecule has 1 atom stereocenters. The van der Waals surface area contributed by atoms with Gasteiger partial charge in [0, 0.05) is 23.8 Å². The summed E-state index contributed by atoms with van der Waals surface area (Å²) in [6, 6.07) is 3.84. The van der Waals surface area contributed by atoms with Crippen molar-refractivity contribution in [1.29, 1.82) is 0 Å². The van der Waals surface area contributed by atoms with Crippen molar-refractivity contribution in [3.8, 4) is 0 Å². The van der Waals surface area contributed by atoms with Gasteiger partial charge in [-0.1, -0.05) is 12.8 Å². The Labute approximate surface area is 114 Å². The number of nitrogens with two attached hydrogens (primary N) is 1. The standard InChI is InChI=1S/C14H22N4O/c1-10-8-12(9-13(16-10)17-15)14(19)18-7-5-3-4-6-11(18)2/h8-9,11H,3-7,15H2,1-2H3,(H,16,17). The number of hydrogen-bond donors (Lipinski definition) is 2. The summed E-state index contributed by atoms with van der Waals surface area (Å²) in [5.41, 5.74) is 3.96. The van der Waals surface area contributed by atoms with Crippen molar-refractivity contribution in [2.75, 3.05) is 12.0 Å². The Kier molecular flexibility index (Phi) is 4.37. The number of carbonyl (C=O) groups excluding carboxylic acids is 1. The summed E-state index contributed by atoms with van der Waals surface area (Å²) in [7, 11) is 0. The van der Waals surface area contributed by atoms with Gasteiger partial charge in [-0.15, -0.1) is 0 Å². The number of pyridine rings is 1. The number of hydrogen-bond acceptors (Lipinski definition) is 4. The molecule has 2 heterocycles. The topological polar surface area (TPSA) is 71.2 Å². The largest absolute Gasteiger partial charge is 0.336 e. The van der Waals surface area contributed by atoms with Crippen LogP contribution >= 0.6 is 0 Å². The van der Waals surface area contributed by atoms with E-state index in [0.717, 1.165) is 25.1 Å². The van der Waals surface area contributed by atoms with E-state index in [9.17, 15) is 4.79 Å². The van der Waals surface area contributed by atoms with Crippen LogP contribution < -0.4 is 11.3 Å². The highest BCUT2D eigenvalue weighted by Gasteiger charge is 2.23. The molecule has 3 N–H and O–H groups in total. The lowest BCUT2D eigenvalue weighted by Gasteiger charge is -2.27. The molecule has 0 radical (unpaired) electrons. The van der Waals surface area contributed by atoms with Crippen LogP contribution in [0.4, 0.5) is 5.82 Å². The molecule has 2 rings (SSSR count). The fourth-order valence-corrected chi connectivity index (χ4v) is 2.61. The molecule has 5 heteroatoms. The van der Waals surface area contributed by atoms with Crippen molar-refractivity contribution >= 4 is 11.7 Å². The number of anilines is 1. The van der Waals surface area contributed by atoms with Crippen LogP contribution in [0.5, 0.6) is 0 Å². The highest BCUT2D eigenvalue weighted by molar-refractivity contribution is 5.95. The zero-order chi connectivity index (χ0) is 13.8. The molecule has 1 aliphatic rings. The van der Waals surface area contributed by atoms with Gasteiger partial charge in [-0.2, -0.15) is 0 Å². The number of nitrogen functional groups attached to an aromatic ring is 1. The molecule has 0 saturated carbocycles. The molecule has 0 spiro atoms. The third-order valence-electron chi connectivity index (χ3n) is 3.66. The number of nitrogens with one attached hydrogen (secondary N) is 1. The van der Waals surface area contributed by atoms with Gasteiger partial charge in [-0.05, 0) is 38.8 Å². The molecule has 0 bridgehead atoms. The molecule has 1 unspecified atom stereocenters. The zero-order valence-electron chi connectivity index (χ0n) is 11.6. The van der Waals surface area contributed by atoms with Crippen molar-refractivity contribution < 1.29 is 4.79 Å². The average Bonchev–Trinajstić information content (AvgIpc) is 2.61. The van der Waals surface area contributed by atoms with Gasteiger partial charge < -0.3 is 10.3 Å². The highest BCUT2D eigenvalue weighted by atomic mass is 16.2. The van der Waals surface area contributed by atoms with Gasteiger partial charge in [-0.25, -0.2) is 10.8 Å². The molecule has 19 heavy (non-hydrogen) atoms. The van der Waals surface area contributed by atoms with Gasteiger partial charge >= 0.3 is 0 Å². The molecule has 1 aromatic heterocycles. The Morgan fingerprint density at radius 1 is 1.42 bits per heavy atom. The third-order valence-corrected chi connectivity index (χ3v) is 3.66. The van der Waals surface area contributed by atoms with Crippen LogP contribution in [0.2, 0.25) is 0 Å². The van der Waals surface area contributed by atoms with Crippen molar-refractivity contribution in [2.45, 2.75) is 45.6 Å². The van der Waals surface area contributed by atoms with Crippen molar-refractivity contribution in [3.63, 3.8) is 0 Å². The maximum atomic E-state index is 12.6. The molecule has 5 nitrogen and oxygen atoms in total. The smallest absolute Gasteiger partial charge is 0.254 e. The Morgan fingerprint density at radius 2 is 2.21 bits per heavy atom. The number of aryl methyl sites for hydroxylation is 1. The number of rotatable bonds is 2. The highest BCUT2D eigenvalue weighted by Crippen LogP contribution is 2.20. The summed E-state index contributed by atoms with van der Waals surface area (Å²) < 4.78 is 0. The van der Waals surface area contributed by atoms with Gasteiger partial charge in [0.15, 0.2) is 0 Å². The van der Waals surface area contributed by atoms with E-state index in [2.05, 4.69) is 17.3 Å². The monoisotopic (exact) mass is 262 g/mol. The molecule has 1 fully saturated rings. The van der Waals surface area contributed by atoms with Crippen molar-refractivity contribution in [2.24, 2.45) is 5.84 Å². The summed E-state index contributed by atoms with van der Waals surface area (Å²) in [6.07, 6.45) is 4.58. The minimum absolute atomic E-state index is 0.0800. The first-order chi connectivity index (χ1) is 9.11. The number of nitrogens with zero attached hydrogens (tertiary/aromatic N) is 2. The van der Waals surface area contributed by atoms with E-state index >= 15 is 0 Å². The number of carbonyl (C=O) groups is 1. The van der Waals surface area contributed by atoms with Crippen LogP contribution in [0.1, 0.15) is 48.7 Å². The number of hydrazine groups is 1. The van der Waals surface area contributed by atoms with E-state index in [1.807, 2.05) is 17.9 Å². The Hall–Kier alpha value is -1.62. The lowest BCUT2D eigenvalue weighted by atomic mass is 10.1. The van der Waals surface area contributed by atoms with Crippen molar-refractivity contribution in [3.05, 3.63) is 23.4 Å². The van der Waals surface area contributed by atoms with Crippen LogP contribution in [0, 0.1) is 6.92 Å². The molecular formula is C14H22N4O. The van der Waals surface area contributed by atoms with E-state index in [1.54, 1.807) is 6.07 Å². The van der Waals surface area contributed by atoms with Crippen LogP contribution in [-0.4, -0.2) is 28.4 Å². The second kappa shape index (κ2) is 6.02. The van der Waals surface area contributed by atoms with Gasteiger partial charge in [0.1, 0.15) is 5.82 Å². The molecule has 1 aromatic rings. The normalized spacial score (nSPS) is 19.9. The second-order valence-corrected chi connectivity index (χ2v) is 5.22. The molecular weight excluding hydrogens is 240 g/mol. The lowest BCUT2D eigenvalue weighted by Crippen LogP contribution is -2.38. The van der Waals surface area contributed by atoms with E-state index in [1.165, 1.54) is 12.8 Å². The first-order valence-corrected chi connectivity index (χ1v) is 6.88. The fraction of sp³-hybridized carbons (Fsp3) is 0.571. The van der Waals surface area contributed by atoms with Gasteiger partial charge in [0.05, 0.1) is 0 Å². The predicted molar refractivity (Wildman–Crippen MR) is 75.8 cm³/mol. The first-order valence-electron chi connectivity index (χ1n) is 6.88. The molecule has 1 aliphatic heterocycles. The fourth-order valence-electron chi connectivity index (χ4n) is 2.61. The van der Waals surface area contributed by atoms with Crippen LogP contribution in [0.25, 0.3) is 0 Å². The van der Waals surface area contributed by atoms with Crippen LogP contribution in [-0.2, 0) is 0 Å².